The van der Waals surface area contributed by atoms with E-state index in [1.165, 1.54) is 0 Å². The van der Waals surface area contributed by atoms with Crippen LogP contribution in [-0.4, -0.2) is 33.1 Å². The number of nitrogens with zero attached hydrogens (tertiary/aromatic N) is 1. The van der Waals surface area contributed by atoms with Crippen LogP contribution in [0.1, 0.15) is 17.8 Å². The van der Waals surface area contributed by atoms with Crippen LogP contribution in [0, 0.1) is 6.92 Å². The Balaban J connectivity index is 2.64. The first-order valence-corrected chi connectivity index (χ1v) is 6.58. The number of ether oxygens (including phenoxy) is 1. The molecule has 1 aromatic heterocycles. The van der Waals surface area contributed by atoms with Gasteiger partial charge in [-0.15, -0.1) is 0 Å². The number of rotatable bonds is 6. The number of pyridine rings is 1. The maximum absolute atomic E-state index is 11.6. The summed E-state index contributed by atoms with van der Waals surface area (Å²) in [6.45, 7) is 1.83. The molecule has 6 heteroatoms. The van der Waals surface area contributed by atoms with Crippen molar-refractivity contribution in [2.75, 3.05) is 12.9 Å². The van der Waals surface area contributed by atoms with Gasteiger partial charge < -0.3 is 9.84 Å². The van der Waals surface area contributed by atoms with Crippen LogP contribution in [0.2, 0.25) is 0 Å². The molecule has 17 heavy (non-hydrogen) atoms. The molecule has 0 spiro atoms. The van der Waals surface area contributed by atoms with Gasteiger partial charge in [0.2, 0.25) is 0 Å². The van der Waals surface area contributed by atoms with Gasteiger partial charge in [0.25, 0.3) is 0 Å². The van der Waals surface area contributed by atoms with E-state index < -0.39 is 16.8 Å². The van der Waals surface area contributed by atoms with Crippen LogP contribution in [0.3, 0.4) is 0 Å². The Kier molecular flexibility index (Phi) is 5.09. The lowest BCUT2D eigenvalue weighted by Gasteiger charge is -2.05. The maximum atomic E-state index is 11.6. The van der Waals surface area contributed by atoms with Crippen molar-refractivity contribution in [1.29, 1.82) is 0 Å². The molecule has 5 nitrogen and oxygen atoms in total. The van der Waals surface area contributed by atoms with Gasteiger partial charge in [-0.3, -0.25) is 14.0 Å². The molecule has 0 saturated carbocycles. The number of aryl methyl sites for hydroxylation is 1. The highest BCUT2D eigenvalue weighted by atomic mass is 32.2. The number of carbonyl (C=O) groups is 1. The predicted molar refractivity (Wildman–Crippen MR) is 64.5 cm³/mol. The molecule has 0 bridgehead atoms. The normalized spacial score (nSPS) is 12.1. The van der Waals surface area contributed by atoms with Gasteiger partial charge in [0.15, 0.2) is 0 Å². The second-order valence-electron chi connectivity index (χ2n) is 3.57. The summed E-state index contributed by atoms with van der Waals surface area (Å²) < 4.78 is 16.7. The molecule has 0 aliphatic heterocycles. The lowest BCUT2D eigenvalue weighted by atomic mass is 10.3. The fourth-order valence-corrected chi connectivity index (χ4v) is 2.36. The number of aromatic nitrogens is 1. The van der Waals surface area contributed by atoms with Crippen molar-refractivity contribution in [2.24, 2.45) is 0 Å². The summed E-state index contributed by atoms with van der Waals surface area (Å²) in [5, 5.41) is 8.48. The molecule has 0 fully saturated rings. The van der Waals surface area contributed by atoms with Crippen LogP contribution in [-0.2, 0) is 21.3 Å². The molecule has 1 aromatic rings. The van der Waals surface area contributed by atoms with Gasteiger partial charge in [0.1, 0.15) is 5.75 Å². The van der Waals surface area contributed by atoms with E-state index in [0.717, 1.165) is 5.69 Å². The SMILES string of the molecule is COc1cc(C)nc(CS(=O)CCC(=O)O)c1. The highest BCUT2D eigenvalue weighted by molar-refractivity contribution is 7.84. The number of carboxylic acids is 1. The van der Waals surface area contributed by atoms with E-state index in [2.05, 4.69) is 4.98 Å². The van der Waals surface area contributed by atoms with Gasteiger partial charge >= 0.3 is 5.97 Å². The number of hydrogen-bond acceptors (Lipinski definition) is 4. The quantitative estimate of drug-likeness (QED) is 0.826. The third kappa shape index (κ3) is 4.95. The summed E-state index contributed by atoms with van der Waals surface area (Å²) in [5.74, 6) is 0.134. The molecular weight excluding hydrogens is 242 g/mol. The molecule has 0 radical (unpaired) electrons. The average molecular weight is 257 g/mol. The Hall–Kier alpha value is -1.43. The Morgan fingerprint density at radius 2 is 2.24 bits per heavy atom. The standard InChI is InChI=1S/C11H15NO4S/c1-8-5-10(16-2)6-9(12-8)7-17(15)4-3-11(13)14/h5-6H,3-4,7H2,1-2H3,(H,13,14). The van der Waals surface area contributed by atoms with Crippen LogP contribution >= 0.6 is 0 Å². The van der Waals surface area contributed by atoms with E-state index in [0.29, 0.717) is 11.4 Å². The zero-order valence-electron chi connectivity index (χ0n) is 9.80. The molecule has 94 valence electrons. The number of hydrogen-bond donors (Lipinski definition) is 1. The van der Waals surface area contributed by atoms with E-state index >= 15 is 0 Å². The van der Waals surface area contributed by atoms with Crippen molar-refractivity contribution in [1.82, 2.24) is 4.98 Å². The van der Waals surface area contributed by atoms with Crippen molar-refractivity contribution < 1.29 is 18.8 Å². The van der Waals surface area contributed by atoms with E-state index in [1.807, 2.05) is 6.92 Å². The van der Waals surface area contributed by atoms with Crippen LogP contribution in [0.15, 0.2) is 12.1 Å². The summed E-state index contributed by atoms with van der Waals surface area (Å²) in [5.41, 5.74) is 1.44. The zero-order valence-corrected chi connectivity index (χ0v) is 10.6. The highest BCUT2D eigenvalue weighted by Crippen LogP contribution is 2.14. The monoisotopic (exact) mass is 257 g/mol. The smallest absolute Gasteiger partial charge is 0.304 e. The molecule has 0 aromatic carbocycles. The molecule has 0 aliphatic rings. The van der Waals surface area contributed by atoms with Gasteiger partial charge in [0, 0.05) is 34.4 Å². The summed E-state index contributed by atoms with van der Waals surface area (Å²) in [7, 11) is 0.347. The molecule has 0 saturated heterocycles. The van der Waals surface area contributed by atoms with E-state index in [-0.39, 0.29) is 17.9 Å². The van der Waals surface area contributed by atoms with Gasteiger partial charge in [0.05, 0.1) is 25.0 Å². The second kappa shape index (κ2) is 6.34. The lowest BCUT2D eigenvalue weighted by molar-refractivity contribution is -0.136. The average Bonchev–Trinajstić information content (AvgIpc) is 2.25. The summed E-state index contributed by atoms with van der Waals surface area (Å²) >= 11 is 0. The maximum Gasteiger partial charge on any atom is 0.304 e. The predicted octanol–water partition coefficient (Wildman–Crippen LogP) is 1.12. The molecule has 1 unspecified atom stereocenters. The molecule has 1 rings (SSSR count). The second-order valence-corrected chi connectivity index (χ2v) is 5.15. The first-order chi connectivity index (χ1) is 8.01. The topological polar surface area (TPSA) is 76.5 Å². The fourth-order valence-electron chi connectivity index (χ4n) is 1.33. The van der Waals surface area contributed by atoms with Gasteiger partial charge in [-0.1, -0.05) is 0 Å². The van der Waals surface area contributed by atoms with Crippen LogP contribution in [0.25, 0.3) is 0 Å². The summed E-state index contributed by atoms with van der Waals surface area (Å²) in [4.78, 5) is 14.6. The Labute approximate surface area is 102 Å². The van der Waals surface area contributed by atoms with E-state index in [1.54, 1.807) is 19.2 Å². The van der Waals surface area contributed by atoms with E-state index in [9.17, 15) is 9.00 Å². The Morgan fingerprint density at radius 1 is 1.53 bits per heavy atom. The largest absolute Gasteiger partial charge is 0.497 e. The molecule has 1 N–H and O–H groups in total. The van der Waals surface area contributed by atoms with Crippen molar-refractivity contribution in [3.8, 4) is 5.75 Å². The molecule has 0 amide bonds. The van der Waals surface area contributed by atoms with Gasteiger partial charge in [-0.25, -0.2) is 0 Å². The van der Waals surface area contributed by atoms with Crippen molar-refractivity contribution in [2.45, 2.75) is 19.1 Å². The zero-order chi connectivity index (χ0) is 12.8. The van der Waals surface area contributed by atoms with Crippen molar-refractivity contribution in [3.63, 3.8) is 0 Å². The molecule has 0 aliphatic carbocycles. The first kappa shape index (κ1) is 13.6. The number of methoxy groups -OCH3 is 1. The summed E-state index contributed by atoms with van der Waals surface area (Å²) in [6.07, 6.45) is -0.0877. The number of aliphatic carboxylic acids is 1. The third-order valence-electron chi connectivity index (χ3n) is 2.07. The first-order valence-electron chi connectivity index (χ1n) is 5.09. The Bertz CT molecular complexity index is 433. The lowest BCUT2D eigenvalue weighted by Crippen LogP contribution is -2.07. The summed E-state index contributed by atoms with van der Waals surface area (Å²) in [6, 6.07) is 3.50. The Morgan fingerprint density at radius 3 is 2.82 bits per heavy atom. The van der Waals surface area contributed by atoms with Crippen LogP contribution in [0.4, 0.5) is 0 Å². The van der Waals surface area contributed by atoms with Gasteiger partial charge in [-0.2, -0.15) is 0 Å². The van der Waals surface area contributed by atoms with Crippen LogP contribution in [0.5, 0.6) is 5.75 Å². The minimum Gasteiger partial charge on any atom is -0.497 e. The third-order valence-corrected chi connectivity index (χ3v) is 3.35. The van der Waals surface area contributed by atoms with E-state index in [4.69, 9.17) is 9.84 Å². The van der Waals surface area contributed by atoms with Crippen molar-refractivity contribution >= 4 is 16.8 Å². The molecular formula is C11H15NO4S. The molecule has 1 atom stereocenters. The minimum atomic E-state index is -1.21. The fraction of sp³-hybridized carbons (Fsp3) is 0.455. The number of carboxylic acid groups (broad SMARTS) is 1. The molecule has 1 heterocycles. The van der Waals surface area contributed by atoms with Crippen molar-refractivity contribution in [3.05, 3.63) is 23.5 Å². The van der Waals surface area contributed by atoms with Gasteiger partial charge in [-0.05, 0) is 6.92 Å². The highest BCUT2D eigenvalue weighted by Gasteiger charge is 2.07. The van der Waals surface area contributed by atoms with Crippen LogP contribution < -0.4 is 4.74 Å². The minimum absolute atomic E-state index is 0.0877.